The molecule has 0 saturated carbocycles. The Balaban J connectivity index is 1.64. The predicted molar refractivity (Wildman–Crippen MR) is 121 cm³/mol. The van der Waals surface area contributed by atoms with Gasteiger partial charge in [0.05, 0.1) is 11.4 Å². The van der Waals surface area contributed by atoms with Crippen LogP contribution in [0, 0.1) is 0 Å². The summed E-state index contributed by atoms with van der Waals surface area (Å²) in [7, 11) is 1.51. The number of carbonyl (C=O) groups is 2. The number of amidine groups is 1. The van der Waals surface area contributed by atoms with Crippen LogP contribution in [0.1, 0.15) is 16.1 Å². The molecular weight excluding hydrogens is 484 g/mol. The van der Waals surface area contributed by atoms with Crippen LogP contribution in [0.4, 0.5) is 5.69 Å². The number of aryl methyl sites for hydroxylation is 1. The van der Waals surface area contributed by atoms with Crippen molar-refractivity contribution in [3.05, 3.63) is 86.4 Å². The van der Waals surface area contributed by atoms with Gasteiger partial charge in [0.25, 0.3) is 5.91 Å². The molecule has 0 unspecified atom stereocenters. The molecule has 0 spiro atoms. The molecule has 0 bridgehead atoms. The Hall–Kier alpha value is -3.24. The number of nitrogens with one attached hydrogen (secondary N) is 1. The molecule has 4 rings (SSSR count). The minimum Gasteiger partial charge on any atom is -0.286 e. The van der Waals surface area contributed by atoms with Gasteiger partial charge < -0.3 is 0 Å². The molecule has 0 aliphatic carbocycles. The number of rotatable bonds is 5. The molecule has 1 amide bonds. The molecule has 1 aliphatic rings. The first-order chi connectivity index (χ1) is 14.9. The molecule has 31 heavy (non-hydrogen) atoms. The van der Waals surface area contributed by atoms with Crippen LogP contribution in [-0.2, 0) is 11.8 Å². The van der Waals surface area contributed by atoms with Gasteiger partial charge in [-0.25, -0.2) is 9.79 Å². The topological polar surface area (TPSA) is 99.6 Å². The molecule has 2 aromatic carbocycles. The van der Waals surface area contributed by atoms with Gasteiger partial charge in [0.15, 0.2) is 12.2 Å². The predicted octanol–water partition coefficient (Wildman–Crippen LogP) is 2.91. The van der Waals surface area contributed by atoms with Gasteiger partial charge in [-0.1, -0.05) is 62.7 Å². The lowest BCUT2D eigenvalue weighted by atomic mass is 10.2. The quantitative estimate of drug-likeness (QED) is 0.330. The molecule has 156 valence electrons. The van der Waals surface area contributed by atoms with E-state index in [9.17, 15) is 14.4 Å². The molecule has 1 N–H and O–H groups in total. The van der Waals surface area contributed by atoms with E-state index < -0.39 is 11.4 Å². The van der Waals surface area contributed by atoms with Gasteiger partial charge in [0.1, 0.15) is 5.70 Å². The van der Waals surface area contributed by atoms with Gasteiger partial charge in [-0.05, 0) is 41.2 Å². The van der Waals surface area contributed by atoms with Crippen molar-refractivity contribution in [3.63, 3.8) is 0 Å². The van der Waals surface area contributed by atoms with Crippen molar-refractivity contribution in [2.75, 3.05) is 10.7 Å². The molecule has 0 saturated heterocycles. The number of anilines is 1. The number of aliphatic imine (C=N–C) groups is 1. The normalized spacial score (nSPS) is 14.9. The Morgan fingerprint density at radius 1 is 1.19 bits per heavy atom. The largest absolute Gasteiger partial charge is 0.438 e. The van der Waals surface area contributed by atoms with E-state index in [2.05, 4.69) is 30.7 Å². The number of nitrogens with zero attached hydrogens (tertiary/aromatic N) is 3. The maximum absolute atomic E-state index is 13.1. The summed E-state index contributed by atoms with van der Waals surface area (Å²) in [6, 6.07) is 16.6. The highest BCUT2D eigenvalue weighted by atomic mass is 79.9. The maximum atomic E-state index is 13.1. The lowest BCUT2D eigenvalue weighted by Gasteiger charge is -2.17. The van der Waals surface area contributed by atoms with E-state index in [1.807, 2.05) is 42.5 Å². The van der Waals surface area contributed by atoms with E-state index in [-0.39, 0.29) is 23.1 Å². The van der Waals surface area contributed by atoms with Crippen LogP contribution in [-0.4, -0.2) is 27.9 Å². The van der Waals surface area contributed by atoms with Crippen molar-refractivity contribution in [2.45, 2.75) is 0 Å². The maximum Gasteiger partial charge on any atom is 0.438 e. The van der Waals surface area contributed by atoms with E-state index in [0.29, 0.717) is 10.9 Å². The fourth-order valence-electron chi connectivity index (χ4n) is 2.95. The van der Waals surface area contributed by atoms with E-state index in [0.717, 1.165) is 21.8 Å². The lowest BCUT2D eigenvalue weighted by molar-refractivity contribution is -0.741. The monoisotopic (exact) mass is 499 g/mol. The number of hydrogen-bond donors (Lipinski definition) is 1. The van der Waals surface area contributed by atoms with Crippen LogP contribution >= 0.6 is 27.7 Å². The molecular formula is C21H16BrN4O4S+. The number of aromatic nitrogens is 2. The van der Waals surface area contributed by atoms with Crippen LogP contribution in [0.2, 0.25) is 0 Å². The van der Waals surface area contributed by atoms with Gasteiger partial charge in [-0.15, -0.1) is 0 Å². The summed E-state index contributed by atoms with van der Waals surface area (Å²) in [5.41, 5.74) is 0.870. The highest BCUT2D eigenvalue weighted by molar-refractivity contribution is 9.10. The summed E-state index contributed by atoms with van der Waals surface area (Å²) >= 11 is 4.47. The fourth-order valence-corrected chi connectivity index (χ4v) is 4.10. The van der Waals surface area contributed by atoms with Crippen molar-refractivity contribution >= 4 is 56.3 Å². The summed E-state index contributed by atoms with van der Waals surface area (Å²) in [5.74, 6) is -0.816. The first-order valence-corrected chi connectivity index (χ1v) is 10.9. The Kier molecular flexibility index (Phi) is 6.01. The Morgan fingerprint density at radius 2 is 1.90 bits per heavy atom. The zero-order valence-corrected chi connectivity index (χ0v) is 18.6. The standard InChI is InChI=1S/C21H15BrN4O4S/c1-25-18(20(29)30-24-25)17(27)12-31-21-23-16(11-13-7-9-14(22)10-8-13)19(28)26(21)15-5-3-2-4-6-15/h2-11H,12H2,1H3/p+1/b16-11+. The summed E-state index contributed by atoms with van der Waals surface area (Å²) in [5, 5.41) is 2.67. The second-order valence-corrected chi connectivity index (χ2v) is 8.41. The van der Waals surface area contributed by atoms with Gasteiger partial charge in [-0.2, -0.15) is 0 Å². The molecule has 10 heteroatoms. The summed E-state index contributed by atoms with van der Waals surface area (Å²) in [4.78, 5) is 43.3. The summed E-state index contributed by atoms with van der Waals surface area (Å²) in [6.07, 6.45) is 1.70. The van der Waals surface area contributed by atoms with Crippen LogP contribution < -0.4 is 15.2 Å². The van der Waals surface area contributed by atoms with Crippen molar-refractivity contribution in [2.24, 2.45) is 12.0 Å². The smallest absolute Gasteiger partial charge is 0.286 e. The first-order valence-electron chi connectivity index (χ1n) is 9.13. The number of H-pyrrole nitrogens is 1. The third-order valence-corrected chi connectivity index (χ3v) is 5.89. The minimum atomic E-state index is -0.742. The molecule has 1 aromatic heterocycles. The van der Waals surface area contributed by atoms with Crippen LogP contribution in [0.5, 0.6) is 0 Å². The number of para-hydroxylation sites is 1. The Labute approximate surface area is 189 Å². The molecule has 1 aliphatic heterocycles. The van der Waals surface area contributed by atoms with E-state index >= 15 is 0 Å². The number of aromatic amines is 1. The zero-order chi connectivity index (χ0) is 22.0. The van der Waals surface area contributed by atoms with E-state index in [1.54, 1.807) is 18.2 Å². The number of Topliss-reactive ketones (excluding diaryl/α,β-unsaturated/α-hetero) is 1. The van der Waals surface area contributed by atoms with Crippen molar-refractivity contribution in [1.29, 1.82) is 0 Å². The molecule has 8 nitrogen and oxygen atoms in total. The number of halogens is 1. The van der Waals surface area contributed by atoms with Gasteiger partial charge in [0.2, 0.25) is 5.78 Å². The van der Waals surface area contributed by atoms with Crippen LogP contribution in [0.15, 0.2) is 79.1 Å². The second kappa shape index (κ2) is 8.86. The van der Waals surface area contributed by atoms with Crippen molar-refractivity contribution < 1.29 is 18.8 Å². The van der Waals surface area contributed by atoms with Crippen molar-refractivity contribution in [1.82, 2.24) is 5.27 Å². The van der Waals surface area contributed by atoms with E-state index in [1.165, 1.54) is 16.6 Å². The Bertz CT molecular complexity index is 1260. The molecule has 0 fully saturated rings. The average molecular weight is 500 g/mol. The number of hydrogen-bond acceptors (Lipinski definition) is 6. The number of thioether (sulfide) groups is 1. The number of amides is 1. The highest BCUT2D eigenvalue weighted by Crippen LogP contribution is 2.29. The summed E-state index contributed by atoms with van der Waals surface area (Å²) < 4.78 is 6.79. The van der Waals surface area contributed by atoms with E-state index in [4.69, 9.17) is 0 Å². The second-order valence-electron chi connectivity index (χ2n) is 6.55. The molecule has 2 heterocycles. The van der Waals surface area contributed by atoms with Gasteiger partial charge >= 0.3 is 11.3 Å². The number of ketones is 1. The van der Waals surface area contributed by atoms with Gasteiger partial charge in [-0.3, -0.25) is 19.0 Å². The zero-order valence-electron chi connectivity index (χ0n) is 16.2. The van der Waals surface area contributed by atoms with Gasteiger partial charge in [0, 0.05) is 4.47 Å². The average Bonchev–Trinajstić information content (AvgIpc) is 3.27. The molecule has 0 radical (unpaired) electrons. The van der Waals surface area contributed by atoms with Crippen molar-refractivity contribution in [3.8, 4) is 0 Å². The Morgan fingerprint density at radius 3 is 2.55 bits per heavy atom. The number of carbonyl (C=O) groups excluding carboxylic acids is 2. The minimum absolute atomic E-state index is 0.0858. The fraction of sp³-hybridized carbons (Fsp3) is 0.0952. The third kappa shape index (κ3) is 4.44. The SMILES string of the molecule is C[n+]1[nH]oc(=O)c1C(=O)CSC1=N/C(=C/c2ccc(Br)cc2)C(=O)N1c1ccccc1. The molecule has 3 aromatic rings. The number of benzene rings is 2. The molecule has 0 atom stereocenters. The summed E-state index contributed by atoms with van der Waals surface area (Å²) in [6.45, 7) is 0. The van der Waals surface area contributed by atoms with Crippen LogP contribution in [0.25, 0.3) is 6.08 Å². The highest BCUT2D eigenvalue weighted by Gasteiger charge is 2.34. The first kappa shape index (κ1) is 21.0. The van der Waals surface area contributed by atoms with Crippen LogP contribution in [0.3, 0.4) is 0 Å². The lowest BCUT2D eigenvalue weighted by Crippen LogP contribution is -2.40. The third-order valence-electron chi connectivity index (χ3n) is 4.42.